The highest BCUT2D eigenvalue weighted by Gasteiger charge is 2.35. The fraction of sp³-hybridized carbons (Fsp3) is 0.368. The molecule has 0 spiro atoms. The molecule has 0 radical (unpaired) electrons. The first-order valence-electron chi connectivity index (χ1n) is 8.90. The molecule has 140 valence electrons. The minimum absolute atomic E-state index is 0.210. The van der Waals surface area contributed by atoms with Gasteiger partial charge < -0.3 is 10.0 Å². The van der Waals surface area contributed by atoms with Gasteiger partial charge in [0.25, 0.3) is 0 Å². The van der Waals surface area contributed by atoms with Crippen LogP contribution in [0, 0.1) is 6.92 Å². The number of nitrogens with one attached hydrogen (secondary N) is 1. The average molecular weight is 383 g/mol. The molecule has 1 fully saturated rings. The molecule has 2 aromatic heterocycles. The number of thiazole rings is 1. The SMILES string of the molecule is CC(=O)Nc1nc(N2CCC(O)(c3ccccc3)CC2)c2nc(C)sc2n1. The number of carbonyl (C=O) groups excluding carboxylic acids is 1. The number of carbonyl (C=O) groups is 1. The topological polar surface area (TPSA) is 91.2 Å². The Morgan fingerprint density at radius 1 is 1.19 bits per heavy atom. The summed E-state index contributed by atoms with van der Waals surface area (Å²) < 4.78 is 0. The van der Waals surface area contributed by atoms with Gasteiger partial charge in [-0.2, -0.15) is 9.97 Å². The fourth-order valence-corrected chi connectivity index (χ4v) is 4.25. The molecule has 0 bridgehead atoms. The van der Waals surface area contributed by atoms with Crippen molar-refractivity contribution in [1.82, 2.24) is 15.0 Å². The van der Waals surface area contributed by atoms with Crippen molar-refractivity contribution in [3.63, 3.8) is 0 Å². The van der Waals surface area contributed by atoms with Crippen LogP contribution in [0.3, 0.4) is 0 Å². The predicted molar refractivity (Wildman–Crippen MR) is 106 cm³/mol. The Bertz CT molecular complexity index is 980. The first-order valence-corrected chi connectivity index (χ1v) is 9.72. The second-order valence-corrected chi connectivity index (χ2v) is 8.00. The molecule has 1 aromatic carbocycles. The number of aromatic nitrogens is 3. The Hall–Kier alpha value is -2.58. The first kappa shape index (κ1) is 17.8. The van der Waals surface area contributed by atoms with Gasteiger partial charge in [0.1, 0.15) is 5.52 Å². The monoisotopic (exact) mass is 383 g/mol. The summed E-state index contributed by atoms with van der Waals surface area (Å²) in [7, 11) is 0. The number of hydrogen-bond donors (Lipinski definition) is 2. The molecule has 8 heteroatoms. The number of benzene rings is 1. The van der Waals surface area contributed by atoms with E-state index >= 15 is 0 Å². The maximum atomic E-state index is 11.4. The number of piperidine rings is 1. The van der Waals surface area contributed by atoms with Crippen molar-refractivity contribution < 1.29 is 9.90 Å². The van der Waals surface area contributed by atoms with Crippen LogP contribution in [0.25, 0.3) is 10.3 Å². The van der Waals surface area contributed by atoms with E-state index in [1.807, 2.05) is 37.3 Å². The number of amides is 1. The maximum Gasteiger partial charge on any atom is 0.232 e. The number of fused-ring (bicyclic) bond motifs is 1. The molecule has 0 aliphatic carbocycles. The van der Waals surface area contributed by atoms with Crippen LogP contribution in [0.2, 0.25) is 0 Å². The van der Waals surface area contributed by atoms with Crippen LogP contribution in [-0.2, 0) is 10.4 Å². The number of aryl methyl sites for hydroxylation is 1. The van der Waals surface area contributed by atoms with Gasteiger partial charge in [-0.3, -0.25) is 10.1 Å². The zero-order valence-electron chi connectivity index (χ0n) is 15.3. The average Bonchev–Trinajstić information content (AvgIpc) is 3.02. The van der Waals surface area contributed by atoms with Crippen molar-refractivity contribution in [2.75, 3.05) is 23.3 Å². The summed E-state index contributed by atoms with van der Waals surface area (Å²) in [6.45, 7) is 4.66. The van der Waals surface area contributed by atoms with E-state index in [2.05, 4.69) is 25.2 Å². The van der Waals surface area contributed by atoms with Crippen molar-refractivity contribution >= 4 is 39.4 Å². The zero-order valence-corrected chi connectivity index (χ0v) is 16.1. The molecule has 27 heavy (non-hydrogen) atoms. The van der Waals surface area contributed by atoms with E-state index in [0.717, 1.165) is 20.9 Å². The van der Waals surface area contributed by atoms with E-state index in [9.17, 15) is 9.90 Å². The van der Waals surface area contributed by atoms with Crippen molar-refractivity contribution in [2.24, 2.45) is 0 Å². The molecule has 3 aromatic rings. The van der Waals surface area contributed by atoms with Gasteiger partial charge in [0.05, 0.1) is 10.6 Å². The number of aliphatic hydroxyl groups is 1. The molecular weight excluding hydrogens is 362 g/mol. The van der Waals surface area contributed by atoms with Crippen molar-refractivity contribution in [3.05, 3.63) is 40.9 Å². The molecule has 1 aliphatic heterocycles. The Balaban J connectivity index is 1.64. The van der Waals surface area contributed by atoms with Crippen LogP contribution in [0.15, 0.2) is 30.3 Å². The third-order valence-electron chi connectivity index (χ3n) is 4.84. The van der Waals surface area contributed by atoms with Gasteiger partial charge in [-0.1, -0.05) is 41.7 Å². The minimum atomic E-state index is -0.831. The quantitative estimate of drug-likeness (QED) is 0.723. The third-order valence-corrected chi connectivity index (χ3v) is 5.70. The van der Waals surface area contributed by atoms with Gasteiger partial charge >= 0.3 is 0 Å². The van der Waals surface area contributed by atoms with Gasteiger partial charge in [-0.25, -0.2) is 4.98 Å². The van der Waals surface area contributed by atoms with Crippen LogP contribution in [0.4, 0.5) is 11.8 Å². The smallest absolute Gasteiger partial charge is 0.232 e. The van der Waals surface area contributed by atoms with E-state index in [0.29, 0.717) is 31.7 Å². The molecule has 1 saturated heterocycles. The molecule has 3 heterocycles. The lowest BCUT2D eigenvalue weighted by Gasteiger charge is -2.39. The maximum absolute atomic E-state index is 11.4. The number of rotatable bonds is 3. The lowest BCUT2D eigenvalue weighted by atomic mass is 9.84. The van der Waals surface area contributed by atoms with Crippen LogP contribution < -0.4 is 10.2 Å². The van der Waals surface area contributed by atoms with E-state index in [4.69, 9.17) is 0 Å². The van der Waals surface area contributed by atoms with Crippen LogP contribution >= 0.6 is 11.3 Å². The first-order chi connectivity index (χ1) is 12.9. The minimum Gasteiger partial charge on any atom is -0.385 e. The zero-order chi connectivity index (χ0) is 19.0. The largest absolute Gasteiger partial charge is 0.385 e. The molecule has 2 N–H and O–H groups in total. The summed E-state index contributed by atoms with van der Waals surface area (Å²) in [5, 5.41) is 14.6. The Kier molecular flexibility index (Phi) is 4.53. The standard InChI is InChI=1S/C19H21N5O2S/c1-12(25)20-18-22-16(15-17(23-18)27-13(2)21-15)24-10-8-19(26,9-11-24)14-6-4-3-5-7-14/h3-7,26H,8-11H2,1-2H3,(H,20,22,23,25). The lowest BCUT2D eigenvalue weighted by Crippen LogP contribution is -2.43. The highest BCUT2D eigenvalue weighted by molar-refractivity contribution is 7.18. The number of anilines is 2. The van der Waals surface area contributed by atoms with Gasteiger partial charge in [-0.15, -0.1) is 0 Å². The summed E-state index contributed by atoms with van der Waals surface area (Å²) in [4.78, 5) is 27.8. The molecular formula is C19H21N5O2S. The highest BCUT2D eigenvalue weighted by atomic mass is 32.1. The second-order valence-electron chi connectivity index (χ2n) is 6.82. The molecule has 0 atom stereocenters. The van der Waals surface area contributed by atoms with Crippen LogP contribution in [0.5, 0.6) is 0 Å². The summed E-state index contributed by atoms with van der Waals surface area (Å²) in [6.07, 6.45) is 1.20. The molecule has 1 aliphatic rings. The van der Waals surface area contributed by atoms with E-state index in [1.165, 1.54) is 18.3 Å². The lowest BCUT2D eigenvalue weighted by molar-refractivity contribution is -0.114. The fourth-order valence-electron chi connectivity index (χ4n) is 3.47. The summed E-state index contributed by atoms with van der Waals surface area (Å²) >= 11 is 1.48. The highest BCUT2D eigenvalue weighted by Crippen LogP contribution is 2.36. The van der Waals surface area contributed by atoms with E-state index in [1.54, 1.807) is 0 Å². The third kappa shape index (κ3) is 3.50. The molecule has 1 amide bonds. The van der Waals surface area contributed by atoms with E-state index < -0.39 is 5.60 Å². The van der Waals surface area contributed by atoms with Gasteiger partial charge in [0, 0.05) is 20.0 Å². The van der Waals surface area contributed by atoms with Gasteiger partial charge in [-0.05, 0) is 25.3 Å². The van der Waals surface area contributed by atoms with E-state index in [-0.39, 0.29) is 11.9 Å². The summed E-state index contributed by atoms with van der Waals surface area (Å²) in [6, 6.07) is 9.79. The molecule has 0 unspecified atom stereocenters. The second kappa shape index (κ2) is 6.86. The normalized spacial score (nSPS) is 16.5. The molecule has 0 saturated carbocycles. The Morgan fingerprint density at radius 3 is 2.56 bits per heavy atom. The molecule has 7 nitrogen and oxygen atoms in total. The van der Waals surface area contributed by atoms with Gasteiger partial charge in [0.15, 0.2) is 10.6 Å². The van der Waals surface area contributed by atoms with Crippen molar-refractivity contribution in [3.8, 4) is 0 Å². The summed E-state index contributed by atoms with van der Waals surface area (Å²) in [5.41, 5.74) is 0.861. The van der Waals surface area contributed by atoms with Crippen molar-refractivity contribution in [2.45, 2.75) is 32.3 Å². The summed E-state index contributed by atoms with van der Waals surface area (Å²) in [5.74, 6) is 0.791. The number of hydrogen-bond acceptors (Lipinski definition) is 7. The van der Waals surface area contributed by atoms with Gasteiger partial charge in [0.2, 0.25) is 11.9 Å². The molecule has 4 rings (SSSR count). The van der Waals surface area contributed by atoms with Crippen molar-refractivity contribution in [1.29, 1.82) is 0 Å². The Morgan fingerprint density at radius 2 is 1.89 bits per heavy atom. The number of nitrogens with zero attached hydrogens (tertiary/aromatic N) is 4. The Labute approximate surface area is 161 Å². The van der Waals surface area contributed by atoms with Crippen LogP contribution in [0.1, 0.15) is 30.3 Å². The van der Waals surface area contributed by atoms with Crippen LogP contribution in [-0.4, -0.2) is 39.1 Å². The predicted octanol–water partition coefficient (Wildman–Crippen LogP) is 2.84.